The van der Waals surface area contributed by atoms with Gasteiger partial charge in [-0.2, -0.15) is 9.78 Å². The van der Waals surface area contributed by atoms with Crippen molar-refractivity contribution < 1.29 is 4.79 Å². The number of nitrogens with one attached hydrogen (secondary N) is 1. The first-order valence-electron chi connectivity index (χ1n) is 11.2. The smallest absolute Gasteiger partial charge is 0.350 e. The molecule has 2 heterocycles. The van der Waals surface area contributed by atoms with Gasteiger partial charge < -0.3 is 5.32 Å². The van der Waals surface area contributed by atoms with Gasteiger partial charge >= 0.3 is 5.69 Å². The van der Waals surface area contributed by atoms with E-state index in [9.17, 15) is 14.4 Å². The van der Waals surface area contributed by atoms with Gasteiger partial charge in [0.2, 0.25) is 5.69 Å². The normalized spacial score (nSPS) is 16.2. The molecular weight excluding hydrogens is 418 g/mol. The lowest BCUT2D eigenvalue weighted by molar-refractivity contribution is 0.0937. The molecule has 0 radical (unpaired) electrons. The number of hydrogen-bond acceptors (Lipinski definition) is 5. The van der Waals surface area contributed by atoms with Gasteiger partial charge in [0.05, 0.1) is 5.69 Å². The van der Waals surface area contributed by atoms with Crippen LogP contribution in [0, 0.1) is 19.8 Å². The molecule has 1 fully saturated rings. The zero-order valence-corrected chi connectivity index (χ0v) is 19.2. The van der Waals surface area contributed by atoms with Crippen molar-refractivity contribution in [1.82, 2.24) is 24.6 Å². The van der Waals surface area contributed by atoms with Crippen molar-refractivity contribution in [3.63, 3.8) is 0 Å². The molecule has 33 heavy (non-hydrogen) atoms. The molecule has 0 bridgehead atoms. The van der Waals surface area contributed by atoms with E-state index >= 15 is 0 Å². The lowest BCUT2D eigenvalue weighted by Gasteiger charge is -2.16. The standard InChI is InChI=1S/C25H29N5O3/c1-17-4-8-19(9-5-17)15-29-13-12-20(16-29)14-26-23(31)22-24(32)28(3)25(33)30(27-22)21-10-6-18(2)7-11-21/h4-11,20H,12-16H2,1-3H3,(H,26,31)/t20-/m1/s1. The van der Waals surface area contributed by atoms with E-state index < -0.39 is 17.2 Å². The SMILES string of the molecule is Cc1ccc(CN2CC[C@H](CNC(=O)c3nn(-c4ccc(C)cc4)c(=O)n(C)c3=O)C2)cc1. The van der Waals surface area contributed by atoms with E-state index in [0.717, 1.165) is 40.9 Å². The molecular formula is C25H29N5O3. The molecule has 0 aliphatic carbocycles. The van der Waals surface area contributed by atoms with E-state index in [1.807, 2.05) is 19.1 Å². The van der Waals surface area contributed by atoms with Crippen LogP contribution in [0.1, 0.15) is 33.6 Å². The Bertz CT molecular complexity index is 1260. The first kappa shape index (κ1) is 22.7. The van der Waals surface area contributed by atoms with Crippen molar-refractivity contribution in [2.45, 2.75) is 26.8 Å². The van der Waals surface area contributed by atoms with E-state index in [1.54, 1.807) is 12.1 Å². The maximum Gasteiger partial charge on any atom is 0.351 e. The summed E-state index contributed by atoms with van der Waals surface area (Å²) in [7, 11) is 1.35. The molecule has 8 nitrogen and oxygen atoms in total. The number of carbonyl (C=O) groups excluding carboxylic acids is 1. The fourth-order valence-corrected chi connectivity index (χ4v) is 4.07. The molecule has 1 aromatic heterocycles. The second-order valence-corrected chi connectivity index (χ2v) is 8.83. The average molecular weight is 448 g/mol. The first-order valence-corrected chi connectivity index (χ1v) is 11.2. The molecule has 8 heteroatoms. The predicted molar refractivity (Wildman–Crippen MR) is 127 cm³/mol. The van der Waals surface area contributed by atoms with Crippen LogP contribution in [0.2, 0.25) is 0 Å². The van der Waals surface area contributed by atoms with Crippen LogP contribution in [0.4, 0.5) is 0 Å². The summed E-state index contributed by atoms with van der Waals surface area (Å²) >= 11 is 0. The summed E-state index contributed by atoms with van der Waals surface area (Å²) in [5, 5.41) is 6.96. The minimum absolute atomic E-state index is 0.285. The Morgan fingerprint density at radius 1 is 1.03 bits per heavy atom. The Morgan fingerprint density at radius 3 is 2.33 bits per heavy atom. The third-order valence-electron chi connectivity index (χ3n) is 6.12. The van der Waals surface area contributed by atoms with E-state index in [-0.39, 0.29) is 5.69 Å². The highest BCUT2D eigenvalue weighted by atomic mass is 16.2. The number of rotatable bonds is 6. The summed E-state index contributed by atoms with van der Waals surface area (Å²) in [6.45, 7) is 7.19. The van der Waals surface area contributed by atoms with Gasteiger partial charge in [-0.05, 0) is 50.4 Å². The Kier molecular flexibility index (Phi) is 6.55. The van der Waals surface area contributed by atoms with Gasteiger partial charge in [-0.15, -0.1) is 0 Å². The van der Waals surface area contributed by atoms with Crippen LogP contribution < -0.4 is 16.6 Å². The second-order valence-electron chi connectivity index (χ2n) is 8.83. The molecule has 172 valence electrons. The van der Waals surface area contributed by atoms with Crippen molar-refractivity contribution in [3.05, 3.63) is 91.8 Å². The molecule has 2 aromatic carbocycles. The van der Waals surface area contributed by atoms with E-state index in [0.29, 0.717) is 18.2 Å². The van der Waals surface area contributed by atoms with Gasteiger partial charge in [0, 0.05) is 26.7 Å². The molecule has 1 saturated heterocycles. The Morgan fingerprint density at radius 2 is 1.67 bits per heavy atom. The maximum atomic E-state index is 12.8. The highest BCUT2D eigenvalue weighted by Crippen LogP contribution is 2.18. The van der Waals surface area contributed by atoms with Gasteiger partial charge in [-0.25, -0.2) is 4.79 Å². The average Bonchev–Trinajstić information content (AvgIpc) is 3.26. The quantitative estimate of drug-likeness (QED) is 0.623. The van der Waals surface area contributed by atoms with Gasteiger partial charge in [-0.1, -0.05) is 47.5 Å². The molecule has 3 aromatic rings. The molecule has 1 atom stereocenters. The predicted octanol–water partition coefficient (Wildman–Crippen LogP) is 1.80. The van der Waals surface area contributed by atoms with Crippen LogP contribution in [0.25, 0.3) is 5.69 Å². The zero-order valence-electron chi connectivity index (χ0n) is 19.2. The van der Waals surface area contributed by atoms with Crippen LogP contribution >= 0.6 is 0 Å². The molecule has 0 unspecified atom stereocenters. The third kappa shape index (κ3) is 5.12. The number of nitrogens with zero attached hydrogens (tertiary/aromatic N) is 4. The van der Waals surface area contributed by atoms with Crippen LogP contribution in [-0.2, 0) is 13.6 Å². The van der Waals surface area contributed by atoms with Crippen molar-refractivity contribution in [3.8, 4) is 5.69 Å². The fourth-order valence-electron chi connectivity index (χ4n) is 4.07. The molecule has 0 saturated carbocycles. The van der Waals surface area contributed by atoms with Crippen LogP contribution in [0.5, 0.6) is 0 Å². The van der Waals surface area contributed by atoms with E-state index in [1.165, 1.54) is 18.2 Å². The lowest BCUT2D eigenvalue weighted by atomic mass is 10.1. The summed E-state index contributed by atoms with van der Waals surface area (Å²) in [6.07, 6.45) is 0.973. The number of carbonyl (C=O) groups is 1. The molecule has 1 aliphatic heterocycles. The fraction of sp³-hybridized carbons (Fsp3) is 0.360. The number of amides is 1. The Labute approximate surface area is 192 Å². The number of benzene rings is 2. The number of aryl methyl sites for hydroxylation is 2. The molecule has 4 rings (SSSR count). The molecule has 0 spiro atoms. The second kappa shape index (κ2) is 9.54. The highest BCUT2D eigenvalue weighted by Gasteiger charge is 2.24. The number of aromatic nitrogens is 3. The third-order valence-corrected chi connectivity index (χ3v) is 6.12. The van der Waals surface area contributed by atoms with Gasteiger partial charge in [0.1, 0.15) is 0 Å². The summed E-state index contributed by atoms with van der Waals surface area (Å²) in [4.78, 5) is 40.3. The first-order chi connectivity index (χ1) is 15.8. The topological polar surface area (TPSA) is 89.2 Å². The van der Waals surface area contributed by atoms with Crippen molar-refractivity contribution >= 4 is 5.91 Å². The maximum absolute atomic E-state index is 12.8. The minimum atomic E-state index is -0.701. The van der Waals surface area contributed by atoms with Crippen molar-refractivity contribution in [2.75, 3.05) is 19.6 Å². The monoisotopic (exact) mass is 447 g/mol. The summed E-state index contributed by atoms with van der Waals surface area (Å²) in [5.74, 6) is -0.264. The van der Waals surface area contributed by atoms with Crippen LogP contribution in [0.3, 0.4) is 0 Å². The van der Waals surface area contributed by atoms with Gasteiger partial charge in [0.25, 0.3) is 11.5 Å². The highest BCUT2D eigenvalue weighted by molar-refractivity contribution is 5.91. The summed E-state index contributed by atoms with van der Waals surface area (Å²) in [6, 6.07) is 15.7. The summed E-state index contributed by atoms with van der Waals surface area (Å²) < 4.78 is 2.01. The number of likely N-dealkylation sites (tertiary alicyclic amines) is 1. The van der Waals surface area contributed by atoms with E-state index in [4.69, 9.17) is 0 Å². The van der Waals surface area contributed by atoms with Gasteiger partial charge in [0.15, 0.2) is 0 Å². The molecule has 1 amide bonds. The van der Waals surface area contributed by atoms with Crippen LogP contribution in [-0.4, -0.2) is 44.8 Å². The Balaban J connectivity index is 1.42. The molecule has 1 N–H and O–H groups in total. The van der Waals surface area contributed by atoms with Crippen LogP contribution in [0.15, 0.2) is 58.1 Å². The lowest BCUT2D eigenvalue weighted by Crippen LogP contribution is -2.45. The zero-order chi connectivity index (χ0) is 23.5. The largest absolute Gasteiger partial charge is 0.351 e. The summed E-state index contributed by atoms with van der Waals surface area (Å²) in [5.41, 5.74) is 2.47. The van der Waals surface area contributed by atoms with E-state index in [2.05, 4.69) is 46.5 Å². The minimum Gasteiger partial charge on any atom is -0.350 e. The van der Waals surface area contributed by atoms with Crippen molar-refractivity contribution in [2.24, 2.45) is 13.0 Å². The van der Waals surface area contributed by atoms with Crippen molar-refractivity contribution in [1.29, 1.82) is 0 Å². The molecule has 1 aliphatic rings. The number of hydrogen-bond donors (Lipinski definition) is 1. The Hall–Kier alpha value is -3.52. The van der Waals surface area contributed by atoms with Gasteiger partial charge in [-0.3, -0.25) is 19.1 Å².